The molecule has 0 bridgehead atoms. The lowest BCUT2D eigenvalue weighted by Gasteiger charge is -1.96. The maximum Gasteiger partial charge on any atom is 0.314 e. The van der Waals surface area contributed by atoms with Crippen LogP contribution in [0.15, 0.2) is 35.2 Å². The Bertz CT molecular complexity index is 248. The number of carboxylic acids is 1. The van der Waals surface area contributed by atoms with Crippen molar-refractivity contribution in [3.63, 3.8) is 0 Å². The molecule has 0 aliphatic carbocycles. The SMILES string of the molecule is O=C(O)CSSc1ccccc1. The summed E-state index contributed by atoms with van der Waals surface area (Å²) < 4.78 is 0. The monoisotopic (exact) mass is 200 g/mol. The van der Waals surface area contributed by atoms with Crippen LogP contribution in [-0.4, -0.2) is 16.8 Å². The van der Waals surface area contributed by atoms with Crippen LogP contribution < -0.4 is 0 Å². The van der Waals surface area contributed by atoms with E-state index in [0.717, 1.165) is 4.90 Å². The molecule has 0 saturated carbocycles. The van der Waals surface area contributed by atoms with E-state index < -0.39 is 5.97 Å². The highest BCUT2D eigenvalue weighted by Crippen LogP contribution is 2.29. The number of hydrogen-bond donors (Lipinski definition) is 1. The zero-order chi connectivity index (χ0) is 8.81. The summed E-state index contributed by atoms with van der Waals surface area (Å²) in [5.74, 6) is -0.636. The number of carbonyl (C=O) groups is 1. The predicted octanol–water partition coefficient (Wildman–Crippen LogP) is 2.51. The molecule has 0 aliphatic rings. The Morgan fingerprint density at radius 2 is 2.00 bits per heavy atom. The van der Waals surface area contributed by atoms with Crippen LogP contribution in [0.5, 0.6) is 0 Å². The van der Waals surface area contributed by atoms with Crippen LogP contribution in [0.25, 0.3) is 0 Å². The van der Waals surface area contributed by atoms with Gasteiger partial charge >= 0.3 is 5.97 Å². The van der Waals surface area contributed by atoms with Crippen molar-refractivity contribution < 1.29 is 9.90 Å². The van der Waals surface area contributed by atoms with Gasteiger partial charge in [0.15, 0.2) is 0 Å². The first-order valence-electron chi connectivity index (χ1n) is 3.35. The molecule has 0 amide bonds. The lowest BCUT2D eigenvalue weighted by Crippen LogP contribution is -1.95. The highest BCUT2D eigenvalue weighted by atomic mass is 33.1. The second-order valence-electron chi connectivity index (χ2n) is 2.05. The van der Waals surface area contributed by atoms with Gasteiger partial charge in [-0.3, -0.25) is 4.79 Å². The molecule has 1 N–H and O–H groups in total. The third kappa shape index (κ3) is 3.69. The van der Waals surface area contributed by atoms with Gasteiger partial charge in [0.2, 0.25) is 0 Å². The summed E-state index contributed by atoms with van der Waals surface area (Å²) in [5.41, 5.74) is 0. The third-order valence-electron chi connectivity index (χ3n) is 1.08. The molecule has 0 aromatic heterocycles. The minimum atomic E-state index is -0.775. The van der Waals surface area contributed by atoms with E-state index in [4.69, 9.17) is 5.11 Å². The molecule has 0 saturated heterocycles. The number of rotatable bonds is 4. The number of hydrogen-bond acceptors (Lipinski definition) is 3. The van der Waals surface area contributed by atoms with E-state index >= 15 is 0 Å². The maximum atomic E-state index is 10.2. The van der Waals surface area contributed by atoms with Crippen LogP contribution in [0.4, 0.5) is 0 Å². The molecule has 4 heteroatoms. The Balaban J connectivity index is 2.29. The van der Waals surface area contributed by atoms with Gasteiger partial charge < -0.3 is 5.11 Å². The molecule has 0 radical (unpaired) electrons. The van der Waals surface area contributed by atoms with E-state index in [2.05, 4.69) is 0 Å². The van der Waals surface area contributed by atoms with Gasteiger partial charge in [0.1, 0.15) is 5.75 Å². The van der Waals surface area contributed by atoms with Crippen molar-refractivity contribution in [2.24, 2.45) is 0 Å². The van der Waals surface area contributed by atoms with Gasteiger partial charge in [-0.1, -0.05) is 39.8 Å². The second-order valence-corrected chi connectivity index (χ2v) is 4.42. The Labute approximate surface area is 78.8 Å². The van der Waals surface area contributed by atoms with Crippen LogP contribution in [-0.2, 0) is 4.79 Å². The fraction of sp³-hybridized carbons (Fsp3) is 0.125. The average molecular weight is 200 g/mol. The lowest BCUT2D eigenvalue weighted by molar-refractivity contribution is -0.133. The zero-order valence-electron chi connectivity index (χ0n) is 6.27. The van der Waals surface area contributed by atoms with Crippen molar-refractivity contribution in [2.75, 3.05) is 5.75 Å². The Morgan fingerprint density at radius 1 is 1.33 bits per heavy atom. The molecule has 64 valence electrons. The summed E-state index contributed by atoms with van der Waals surface area (Å²) in [5, 5.41) is 8.36. The molecule has 0 fully saturated rings. The first kappa shape index (κ1) is 9.48. The fourth-order valence-electron chi connectivity index (χ4n) is 0.624. The molecule has 0 unspecified atom stereocenters. The molecule has 1 aromatic rings. The topological polar surface area (TPSA) is 37.3 Å². The van der Waals surface area contributed by atoms with Crippen molar-refractivity contribution in [3.05, 3.63) is 30.3 Å². The van der Waals surface area contributed by atoms with Crippen LogP contribution in [0, 0.1) is 0 Å². The maximum absolute atomic E-state index is 10.2. The van der Waals surface area contributed by atoms with Gasteiger partial charge in [-0.05, 0) is 12.1 Å². The molecule has 12 heavy (non-hydrogen) atoms. The highest BCUT2D eigenvalue weighted by molar-refractivity contribution is 8.76. The summed E-state index contributed by atoms with van der Waals surface area (Å²) in [6.45, 7) is 0. The van der Waals surface area contributed by atoms with E-state index in [9.17, 15) is 4.79 Å². The molecule has 2 nitrogen and oxygen atoms in total. The van der Waals surface area contributed by atoms with Crippen molar-refractivity contribution in [3.8, 4) is 0 Å². The van der Waals surface area contributed by atoms with E-state index in [-0.39, 0.29) is 5.75 Å². The summed E-state index contributed by atoms with van der Waals surface area (Å²) in [6.07, 6.45) is 0. The summed E-state index contributed by atoms with van der Waals surface area (Å²) >= 11 is 0. The first-order chi connectivity index (χ1) is 5.79. The Hall–Kier alpha value is -0.610. The van der Waals surface area contributed by atoms with E-state index in [1.165, 1.54) is 21.6 Å². The molecule has 0 atom stereocenters. The molecule has 0 spiro atoms. The number of aliphatic carboxylic acids is 1. The second kappa shape index (κ2) is 5.11. The minimum Gasteiger partial charge on any atom is -0.481 e. The third-order valence-corrected chi connectivity index (χ3v) is 3.31. The van der Waals surface area contributed by atoms with Crippen LogP contribution >= 0.6 is 21.6 Å². The smallest absolute Gasteiger partial charge is 0.314 e. The highest BCUT2D eigenvalue weighted by Gasteiger charge is 1.97. The van der Waals surface area contributed by atoms with E-state index in [1.54, 1.807) is 0 Å². The number of carboxylic acid groups (broad SMARTS) is 1. The Morgan fingerprint density at radius 3 is 2.58 bits per heavy atom. The van der Waals surface area contributed by atoms with Crippen LogP contribution in [0.3, 0.4) is 0 Å². The molecular weight excluding hydrogens is 192 g/mol. The van der Waals surface area contributed by atoms with Gasteiger partial charge in [-0.2, -0.15) is 0 Å². The Kier molecular flexibility index (Phi) is 4.04. The van der Waals surface area contributed by atoms with E-state index in [1.807, 2.05) is 30.3 Å². The lowest BCUT2D eigenvalue weighted by atomic mass is 10.4. The van der Waals surface area contributed by atoms with Gasteiger partial charge in [0.25, 0.3) is 0 Å². The van der Waals surface area contributed by atoms with Crippen molar-refractivity contribution in [2.45, 2.75) is 4.90 Å². The molecular formula is C8H8O2S2. The standard InChI is InChI=1S/C8H8O2S2/c9-8(10)6-11-12-7-4-2-1-3-5-7/h1-5H,6H2,(H,9,10). The van der Waals surface area contributed by atoms with Crippen molar-refractivity contribution in [1.82, 2.24) is 0 Å². The summed E-state index contributed by atoms with van der Waals surface area (Å²) in [6, 6.07) is 9.72. The summed E-state index contributed by atoms with van der Waals surface area (Å²) in [4.78, 5) is 11.2. The van der Waals surface area contributed by atoms with Gasteiger partial charge in [0, 0.05) is 4.90 Å². The molecule has 1 rings (SSSR count). The minimum absolute atomic E-state index is 0.138. The first-order valence-corrected chi connectivity index (χ1v) is 5.67. The van der Waals surface area contributed by atoms with Gasteiger partial charge in [-0.15, -0.1) is 0 Å². The summed E-state index contributed by atoms with van der Waals surface area (Å²) in [7, 11) is 2.82. The fourth-order valence-corrected chi connectivity index (χ4v) is 2.41. The molecule has 0 aliphatic heterocycles. The molecule has 0 heterocycles. The van der Waals surface area contributed by atoms with E-state index in [0.29, 0.717) is 0 Å². The number of benzene rings is 1. The van der Waals surface area contributed by atoms with Crippen molar-refractivity contribution >= 4 is 27.6 Å². The largest absolute Gasteiger partial charge is 0.481 e. The van der Waals surface area contributed by atoms with Gasteiger partial charge in [-0.25, -0.2) is 0 Å². The van der Waals surface area contributed by atoms with Crippen LogP contribution in [0.1, 0.15) is 0 Å². The molecule has 1 aromatic carbocycles. The van der Waals surface area contributed by atoms with Gasteiger partial charge in [0.05, 0.1) is 0 Å². The zero-order valence-corrected chi connectivity index (χ0v) is 7.90. The predicted molar refractivity (Wildman–Crippen MR) is 52.4 cm³/mol. The van der Waals surface area contributed by atoms with Crippen LogP contribution in [0.2, 0.25) is 0 Å². The van der Waals surface area contributed by atoms with Crippen molar-refractivity contribution in [1.29, 1.82) is 0 Å². The quantitative estimate of drug-likeness (QED) is 0.758. The normalized spacial score (nSPS) is 9.67. The average Bonchev–Trinajstić information content (AvgIpc) is 2.05.